The summed E-state index contributed by atoms with van der Waals surface area (Å²) in [6, 6.07) is 9.89. The molecule has 1 saturated carbocycles. The molecule has 6 nitrogen and oxygen atoms in total. The molecule has 3 rings (SSSR count). The number of carbonyl (C=O) groups excluding carboxylic acids is 1. The molecule has 0 radical (unpaired) electrons. The van der Waals surface area contributed by atoms with Crippen LogP contribution >= 0.6 is 12.4 Å². The minimum absolute atomic E-state index is 0. The van der Waals surface area contributed by atoms with E-state index in [1.54, 1.807) is 24.1 Å². The minimum Gasteiger partial charge on any atom is -0.497 e. The molecular weight excluding hydrogens is 364 g/mol. The standard InChI is InChI=1S/C20H28N4O2.ClH/c1-26-18-10-8-17(9-11-18)24-15-12-19(23-24)20(25)22-14-13-21-16-6-4-2-3-5-7-16;/h8-12,15-16,21H,2-7,13-14H2,1H3,(H,22,25);1H. The fourth-order valence-electron chi connectivity index (χ4n) is 3.35. The molecular formula is C20H29ClN4O2. The number of ether oxygens (including phenoxy) is 1. The van der Waals surface area contributed by atoms with E-state index in [4.69, 9.17) is 4.74 Å². The summed E-state index contributed by atoms with van der Waals surface area (Å²) in [6.45, 7) is 1.42. The fraction of sp³-hybridized carbons (Fsp3) is 0.500. The van der Waals surface area contributed by atoms with E-state index in [0.29, 0.717) is 18.3 Å². The summed E-state index contributed by atoms with van der Waals surface area (Å²) in [5.41, 5.74) is 1.31. The lowest BCUT2D eigenvalue weighted by molar-refractivity contribution is 0.0948. The second kappa shape index (κ2) is 10.9. The zero-order valence-electron chi connectivity index (χ0n) is 15.8. The largest absolute Gasteiger partial charge is 0.497 e. The van der Waals surface area contributed by atoms with Crippen molar-refractivity contribution in [2.24, 2.45) is 0 Å². The van der Waals surface area contributed by atoms with Gasteiger partial charge in [0.15, 0.2) is 5.69 Å². The summed E-state index contributed by atoms with van der Waals surface area (Å²) in [5.74, 6) is 0.653. The quantitative estimate of drug-likeness (QED) is 0.560. The summed E-state index contributed by atoms with van der Waals surface area (Å²) >= 11 is 0. The van der Waals surface area contributed by atoms with E-state index in [-0.39, 0.29) is 18.3 Å². The molecule has 2 aromatic rings. The maximum absolute atomic E-state index is 12.3. The van der Waals surface area contributed by atoms with Crippen LogP contribution in [0.3, 0.4) is 0 Å². The van der Waals surface area contributed by atoms with Crippen LogP contribution in [0.2, 0.25) is 0 Å². The molecule has 2 N–H and O–H groups in total. The molecule has 7 heteroatoms. The van der Waals surface area contributed by atoms with Crippen LogP contribution in [0.4, 0.5) is 0 Å². The number of nitrogens with one attached hydrogen (secondary N) is 2. The molecule has 148 valence electrons. The number of amides is 1. The van der Waals surface area contributed by atoms with E-state index in [2.05, 4.69) is 15.7 Å². The Morgan fingerprint density at radius 1 is 1.11 bits per heavy atom. The van der Waals surface area contributed by atoms with Gasteiger partial charge in [0.1, 0.15) is 5.75 Å². The van der Waals surface area contributed by atoms with Crippen molar-refractivity contribution in [2.45, 2.75) is 44.6 Å². The lowest BCUT2D eigenvalue weighted by Gasteiger charge is -2.16. The fourth-order valence-corrected chi connectivity index (χ4v) is 3.35. The molecule has 1 aliphatic rings. The smallest absolute Gasteiger partial charge is 0.271 e. The highest BCUT2D eigenvalue weighted by atomic mass is 35.5. The molecule has 1 amide bonds. The van der Waals surface area contributed by atoms with Gasteiger partial charge in [-0.3, -0.25) is 4.79 Å². The highest BCUT2D eigenvalue weighted by Gasteiger charge is 2.12. The molecule has 27 heavy (non-hydrogen) atoms. The predicted octanol–water partition coefficient (Wildman–Crippen LogP) is 3.34. The van der Waals surface area contributed by atoms with Gasteiger partial charge in [-0.05, 0) is 43.2 Å². The maximum atomic E-state index is 12.3. The van der Waals surface area contributed by atoms with Gasteiger partial charge >= 0.3 is 0 Å². The Hall–Kier alpha value is -2.05. The first-order valence-electron chi connectivity index (χ1n) is 9.48. The van der Waals surface area contributed by atoms with Gasteiger partial charge in [-0.25, -0.2) is 4.68 Å². The highest BCUT2D eigenvalue weighted by Crippen LogP contribution is 2.17. The van der Waals surface area contributed by atoms with Crippen LogP contribution in [0.5, 0.6) is 5.75 Å². The molecule has 1 aromatic heterocycles. The van der Waals surface area contributed by atoms with Crippen LogP contribution in [0.25, 0.3) is 5.69 Å². The van der Waals surface area contributed by atoms with Crippen molar-refractivity contribution in [3.63, 3.8) is 0 Å². The Bertz CT molecular complexity index is 694. The van der Waals surface area contributed by atoms with Gasteiger partial charge in [-0.1, -0.05) is 25.7 Å². The Balaban J connectivity index is 0.00000261. The lowest BCUT2D eigenvalue weighted by atomic mass is 10.1. The van der Waals surface area contributed by atoms with Gasteiger partial charge in [0.05, 0.1) is 12.8 Å². The molecule has 1 heterocycles. The van der Waals surface area contributed by atoms with Crippen molar-refractivity contribution < 1.29 is 9.53 Å². The van der Waals surface area contributed by atoms with Gasteiger partial charge in [-0.15, -0.1) is 12.4 Å². The van der Waals surface area contributed by atoms with Gasteiger partial charge in [0.25, 0.3) is 5.91 Å². The Kier molecular flexibility index (Phi) is 8.61. The minimum atomic E-state index is -0.139. The molecule has 1 aliphatic carbocycles. The molecule has 0 aliphatic heterocycles. The third-order valence-electron chi connectivity index (χ3n) is 4.86. The Morgan fingerprint density at radius 2 is 1.81 bits per heavy atom. The van der Waals surface area contributed by atoms with Gasteiger partial charge in [-0.2, -0.15) is 5.10 Å². The number of benzene rings is 1. The number of rotatable bonds is 7. The van der Waals surface area contributed by atoms with Gasteiger partial charge in [0, 0.05) is 25.3 Å². The van der Waals surface area contributed by atoms with E-state index in [1.165, 1.54) is 38.5 Å². The number of carbonyl (C=O) groups is 1. The highest BCUT2D eigenvalue weighted by molar-refractivity contribution is 5.92. The van der Waals surface area contributed by atoms with Crippen LogP contribution in [0.15, 0.2) is 36.5 Å². The average molecular weight is 393 g/mol. The normalized spacial score (nSPS) is 14.9. The van der Waals surface area contributed by atoms with E-state index < -0.39 is 0 Å². The van der Waals surface area contributed by atoms with Crippen molar-refractivity contribution >= 4 is 18.3 Å². The number of methoxy groups -OCH3 is 1. The third-order valence-corrected chi connectivity index (χ3v) is 4.86. The zero-order valence-corrected chi connectivity index (χ0v) is 16.6. The summed E-state index contributed by atoms with van der Waals surface area (Å²) in [5, 5.41) is 10.9. The summed E-state index contributed by atoms with van der Waals surface area (Å²) in [4.78, 5) is 12.3. The molecule has 1 fully saturated rings. The second-order valence-electron chi connectivity index (χ2n) is 6.74. The summed E-state index contributed by atoms with van der Waals surface area (Å²) in [6.07, 6.45) is 9.62. The first-order valence-corrected chi connectivity index (χ1v) is 9.48. The summed E-state index contributed by atoms with van der Waals surface area (Å²) < 4.78 is 6.85. The van der Waals surface area contributed by atoms with Crippen molar-refractivity contribution in [3.8, 4) is 11.4 Å². The number of halogens is 1. The van der Waals surface area contributed by atoms with Gasteiger partial charge in [0.2, 0.25) is 0 Å². The molecule has 0 bridgehead atoms. The maximum Gasteiger partial charge on any atom is 0.271 e. The van der Waals surface area contributed by atoms with Crippen molar-refractivity contribution in [3.05, 3.63) is 42.2 Å². The monoisotopic (exact) mass is 392 g/mol. The molecule has 0 spiro atoms. The lowest BCUT2D eigenvalue weighted by Crippen LogP contribution is -2.37. The van der Waals surface area contributed by atoms with E-state index in [9.17, 15) is 4.79 Å². The molecule has 1 aromatic carbocycles. The second-order valence-corrected chi connectivity index (χ2v) is 6.74. The van der Waals surface area contributed by atoms with Crippen molar-refractivity contribution in [1.82, 2.24) is 20.4 Å². The number of hydrogen-bond acceptors (Lipinski definition) is 4. The SMILES string of the molecule is COc1ccc(-n2ccc(C(=O)NCCNC3CCCCCC3)n2)cc1.Cl. The van der Waals surface area contributed by atoms with Crippen LogP contribution < -0.4 is 15.4 Å². The predicted molar refractivity (Wildman–Crippen MR) is 109 cm³/mol. The van der Waals surface area contributed by atoms with Crippen molar-refractivity contribution in [2.75, 3.05) is 20.2 Å². The van der Waals surface area contributed by atoms with Gasteiger partial charge < -0.3 is 15.4 Å². The number of aromatic nitrogens is 2. The van der Waals surface area contributed by atoms with E-state index >= 15 is 0 Å². The molecule has 0 atom stereocenters. The molecule has 0 unspecified atom stereocenters. The third kappa shape index (κ3) is 6.26. The van der Waals surface area contributed by atoms with E-state index in [0.717, 1.165) is 18.0 Å². The number of nitrogens with zero attached hydrogens (tertiary/aromatic N) is 2. The van der Waals surface area contributed by atoms with Crippen molar-refractivity contribution in [1.29, 1.82) is 0 Å². The molecule has 0 saturated heterocycles. The average Bonchev–Trinajstić information content (AvgIpc) is 3.03. The van der Waals surface area contributed by atoms with Crippen LogP contribution in [-0.2, 0) is 0 Å². The van der Waals surface area contributed by atoms with Crippen LogP contribution in [-0.4, -0.2) is 41.9 Å². The van der Waals surface area contributed by atoms with E-state index in [1.807, 2.05) is 24.3 Å². The Labute approximate surface area is 167 Å². The van der Waals surface area contributed by atoms with Crippen LogP contribution in [0.1, 0.15) is 49.0 Å². The Morgan fingerprint density at radius 3 is 2.48 bits per heavy atom. The first kappa shape index (κ1) is 21.3. The topological polar surface area (TPSA) is 68.2 Å². The zero-order chi connectivity index (χ0) is 18.2. The van der Waals surface area contributed by atoms with Crippen LogP contribution in [0, 0.1) is 0 Å². The summed E-state index contributed by atoms with van der Waals surface area (Å²) in [7, 11) is 1.63. The number of hydrogen-bond donors (Lipinski definition) is 2. The first-order chi connectivity index (χ1) is 12.8.